The molecule has 1 N–H and O–H groups in total. The highest BCUT2D eigenvalue weighted by Gasteiger charge is 2.41. The second-order valence-electron chi connectivity index (χ2n) is 10.9. The van der Waals surface area contributed by atoms with E-state index in [1.165, 1.54) is 24.4 Å². The van der Waals surface area contributed by atoms with Crippen LogP contribution in [0.1, 0.15) is 37.9 Å². The number of benzene rings is 1. The van der Waals surface area contributed by atoms with Crippen molar-refractivity contribution in [3.8, 4) is 22.7 Å². The first-order valence-electron chi connectivity index (χ1n) is 13.9. The predicted octanol–water partition coefficient (Wildman–Crippen LogP) is 5.79. The van der Waals surface area contributed by atoms with Crippen molar-refractivity contribution in [2.24, 2.45) is 0 Å². The molecule has 1 amide bonds. The van der Waals surface area contributed by atoms with Crippen LogP contribution in [0.5, 0.6) is 5.75 Å². The summed E-state index contributed by atoms with van der Waals surface area (Å²) in [4.78, 5) is 43.1. The van der Waals surface area contributed by atoms with Gasteiger partial charge in [-0.1, -0.05) is 30.3 Å². The molecule has 44 heavy (non-hydrogen) atoms. The van der Waals surface area contributed by atoms with E-state index >= 15 is 0 Å². The van der Waals surface area contributed by atoms with Crippen LogP contribution in [0, 0.1) is 6.92 Å². The topological polar surface area (TPSA) is 104 Å². The molecule has 9 nitrogen and oxygen atoms in total. The van der Waals surface area contributed by atoms with Gasteiger partial charge in [-0.25, -0.2) is 14.3 Å². The van der Waals surface area contributed by atoms with Gasteiger partial charge in [0.25, 0.3) is 0 Å². The molecule has 4 aromatic rings. The fraction of sp³-hybridized carbons (Fsp3) is 0.323. The van der Waals surface area contributed by atoms with Crippen LogP contribution < -0.4 is 10.6 Å². The third kappa shape index (κ3) is 5.38. The second kappa shape index (κ2) is 11.6. The number of phenolic OH excluding ortho intramolecular Hbond substituents is 1. The summed E-state index contributed by atoms with van der Waals surface area (Å²) in [5.74, 6) is -2.15. The number of carbonyl (C=O) groups is 1. The van der Waals surface area contributed by atoms with Gasteiger partial charge in [-0.3, -0.25) is 9.78 Å². The summed E-state index contributed by atoms with van der Waals surface area (Å²) in [6.45, 7) is 10.5. The Hall–Kier alpha value is -4.45. The van der Waals surface area contributed by atoms with E-state index in [0.29, 0.717) is 24.0 Å². The number of piperazine rings is 1. The Kier molecular flexibility index (Phi) is 8.15. The lowest BCUT2D eigenvalue weighted by Crippen LogP contribution is -2.58. The van der Waals surface area contributed by atoms with Crippen molar-refractivity contribution < 1.29 is 23.1 Å². The van der Waals surface area contributed by atoms with Gasteiger partial charge in [0.05, 0.1) is 33.4 Å². The summed E-state index contributed by atoms with van der Waals surface area (Å²) in [6.07, 6.45) is -2.14. The molecule has 0 bridgehead atoms. The third-order valence-electron chi connectivity index (χ3n) is 7.96. The second-order valence-corrected chi connectivity index (χ2v) is 11.3. The van der Waals surface area contributed by atoms with Gasteiger partial charge >= 0.3 is 11.9 Å². The number of nitrogens with zero attached hydrogens (tertiary/aromatic N) is 6. The predicted molar refractivity (Wildman–Crippen MR) is 162 cm³/mol. The summed E-state index contributed by atoms with van der Waals surface area (Å²) in [5.41, 5.74) is -0.606. The fourth-order valence-electron chi connectivity index (χ4n) is 5.57. The smallest absolute Gasteiger partial charge is 0.397 e. The van der Waals surface area contributed by atoms with Crippen molar-refractivity contribution in [2.45, 2.75) is 51.9 Å². The lowest BCUT2D eigenvalue weighted by atomic mass is 10.0. The van der Waals surface area contributed by atoms with Crippen LogP contribution in [0.25, 0.3) is 28.0 Å². The monoisotopic (exact) mass is 626 g/mol. The lowest BCUT2D eigenvalue weighted by molar-refractivity contribution is -0.147. The SMILES string of the molecule is C=CC(=O)N1C[C@H](C)N(c2nc(=O)n(-c3c(C)ccnc3C(C)C(F)(F)F)c3nc(-c4ccccc4O)c(Cl)cc23)C[C@H]1C. The van der Waals surface area contributed by atoms with Crippen LogP contribution in [0.3, 0.4) is 0 Å². The normalized spacial score (nSPS) is 18.0. The zero-order valence-corrected chi connectivity index (χ0v) is 25.2. The molecule has 0 spiro atoms. The number of hydrogen-bond acceptors (Lipinski definition) is 7. The molecular weight excluding hydrogens is 597 g/mol. The van der Waals surface area contributed by atoms with Gasteiger partial charge in [-0.05, 0) is 63.6 Å². The highest BCUT2D eigenvalue weighted by atomic mass is 35.5. The molecule has 5 rings (SSSR count). The number of fused-ring (bicyclic) bond motifs is 1. The van der Waals surface area contributed by atoms with Gasteiger partial charge in [0, 0.05) is 36.9 Å². The molecule has 0 saturated carbocycles. The summed E-state index contributed by atoms with van der Waals surface area (Å²) in [7, 11) is 0. The first kappa shape index (κ1) is 31.0. The molecule has 230 valence electrons. The van der Waals surface area contributed by atoms with Crippen molar-refractivity contribution >= 4 is 34.4 Å². The van der Waals surface area contributed by atoms with Crippen LogP contribution in [0.15, 0.2) is 60.0 Å². The average molecular weight is 627 g/mol. The number of amides is 1. The molecular formula is C31H30ClF3N6O3. The maximum Gasteiger partial charge on any atom is 0.397 e. The standard InChI is InChI=1S/C31H30ClF3N6O3/c1-6-24(43)39-14-18(4)40(15-17(39)3)28-21-13-22(32)26(20-9-7-8-10-23(20)42)37-29(21)41(30(44)38-28)27-16(2)11-12-36-25(27)19(5)31(33,34)35/h6-13,17-19,42H,1,14-15H2,2-5H3/t17-,18+,19?/m1/s1. The number of para-hydroxylation sites is 1. The van der Waals surface area contributed by atoms with E-state index in [4.69, 9.17) is 16.6 Å². The van der Waals surface area contributed by atoms with Gasteiger partial charge in [0.1, 0.15) is 11.6 Å². The molecule has 1 unspecified atom stereocenters. The number of aromatic nitrogens is 4. The Labute approximate surface area is 256 Å². The van der Waals surface area contributed by atoms with Crippen molar-refractivity contribution in [1.29, 1.82) is 0 Å². The van der Waals surface area contributed by atoms with Crippen molar-refractivity contribution in [3.63, 3.8) is 0 Å². The van der Waals surface area contributed by atoms with Crippen LogP contribution in [0.2, 0.25) is 5.02 Å². The molecule has 1 aliphatic heterocycles. The number of hydrogen-bond donors (Lipinski definition) is 1. The van der Waals surface area contributed by atoms with E-state index in [1.807, 2.05) is 18.7 Å². The molecule has 3 aromatic heterocycles. The van der Waals surface area contributed by atoms with Crippen LogP contribution in [0.4, 0.5) is 19.0 Å². The molecule has 3 atom stereocenters. The Morgan fingerprint density at radius 3 is 2.52 bits per heavy atom. The van der Waals surface area contributed by atoms with E-state index < -0.39 is 17.8 Å². The zero-order valence-electron chi connectivity index (χ0n) is 24.4. The number of aromatic hydroxyl groups is 1. The number of halogens is 4. The number of carbonyl (C=O) groups excluding carboxylic acids is 1. The van der Waals surface area contributed by atoms with Gasteiger partial charge < -0.3 is 14.9 Å². The lowest BCUT2D eigenvalue weighted by Gasteiger charge is -2.44. The maximum absolute atomic E-state index is 14.0. The highest BCUT2D eigenvalue weighted by Crippen LogP contribution is 2.40. The Morgan fingerprint density at radius 2 is 1.86 bits per heavy atom. The quantitative estimate of drug-likeness (QED) is 0.280. The number of alkyl halides is 3. The Balaban J connectivity index is 1.84. The molecule has 0 radical (unpaired) electrons. The molecule has 13 heteroatoms. The van der Waals surface area contributed by atoms with Crippen LogP contribution in [-0.4, -0.2) is 66.8 Å². The van der Waals surface area contributed by atoms with Gasteiger partial charge in [-0.2, -0.15) is 18.2 Å². The molecule has 1 aromatic carbocycles. The number of anilines is 1. The minimum atomic E-state index is -4.64. The van der Waals surface area contributed by atoms with Gasteiger partial charge in [-0.15, -0.1) is 0 Å². The Bertz CT molecular complexity index is 1840. The molecule has 0 aliphatic carbocycles. The largest absolute Gasteiger partial charge is 0.507 e. The van der Waals surface area contributed by atoms with E-state index in [2.05, 4.69) is 16.5 Å². The summed E-state index contributed by atoms with van der Waals surface area (Å²) < 4.78 is 43.1. The number of phenols is 1. The molecule has 4 heterocycles. The molecule has 1 fully saturated rings. The van der Waals surface area contributed by atoms with E-state index in [1.54, 1.807) is 36.1 Å². The van der Waals surface area contributed by atoms with Gasteiger partial charge in [0.2, 0.25) is 5.91 Å². The van der Waals surface area contributed by atoms with Gasteiger partial charge in [0.15, 0.2) is 5.65 Å². The van der Waals surface area contributed by atoms with Crippen molar-refractivity contribution in [2.75, 3.05) is 18.0 Å². The van der Waals surface area contributed by atoms with E-state index in [0.717, 1.165) is 11.5 Å². The molecule has 1 saturated heterocycles. The summed E-state index contributed by atoms with van der Waals surface area (Å²) >= 11 is 6.75. The average Bonchev–Trinajstić information content (AvgIpc) is 2.97. The van der Waals surface area contributed by atoms with Crippen molar-refractivity contribution in [1.82, 2.24) is 24.4 Å². The van der Waals surface area contributed by atoms with Crippen LogP contribution >= 0.6 is 11.6 Å². The maximum atomic E-state index is 14.0. The van der Waals surface area contributed by atoms with Crippen LogP contribution in [-0.2, 0) is 4.79 Å². The minimum absolute atomic E-state index is 0.0150. The van der Waals surface area contributed by atoms with Crippen molar-refractivity contribution in [3.05, 3.63) is 82.0 Å². The highest BCUT2D eigenvalue weighted by molar-refractivity contribution is 6.34. The Morgan fingerprint density at radius 1 is 1.16 bits per heavy atom. The fourth-order valence-corrected chi connectivity index (χ4v) is 5.82. The van der Waals surface area contributed by atoms with E-state index in [9.17, 15) is 27.9 Å². The number of rotatable bonds is 5. The third-order valence-corrected chi connectivity index (χ3v) is 8.24. The molecule has 1 aliphatic rings. The first-order valence-corrected chi connectivity index (χ1v) is 14.3. The number of pyridine rings is 2. The first-order chi connectivity index (χ1) is 20.7. The summed E-state index contributed by atoms with van der Waals surface area (Å²) in [6, 6.07) is 8.79. The van der Waals surface area contributed by atoms with E-state index in [-0.39, 0.29) is 62.9 Å². The number of aryl methyl sites for hydroxylation is 1. The zero-order chi connectivity index (χ0) is 32.1. The summed E-state index contributed by atoms with van der Waals surface area (Å²) in [5, 5.41) is 11.0. The minimum Gasteiger partial charge on any atom is -0.507 e.